The van der Waals surface area contributed by atoms with Crippen molar-refractivity contribution in [1.29, 1.82) is 0 Å². The first-order chi connectivity index (χ1) is 9.60. The van der Waals surface area contributed by atoms with Gasteiger partial charge in [0.1, 0.15) is 0 Å². The number of ether oxygens (including phenoxy) is 1. The van der Waals surface area contributed by atoms with Gasteiger partial charge in [-0.2, -0.15) is 0 Å². The Morgan fingerprint density at radius 2 is 1.95 bits per heavy atom. The molecule has 1 atom stereocenters. The molecule has 0 amide bonds. The summed E-state index contributed by atoms with van der Waals surface area (Å²) in [6.07, 6.45) is 0.196. The van der Waals surface area contributed by atoms with Gasteiger partial charge < -0.3 is 9.84 Å². The summed E-state index contributed by atoms with van der Waals surface area (Å²) in [4.78, 5) is 0. The summed E-state index contributed by atoms with van der Waals surface area (Å²) >= 11 is 6.05. The van der Waals surface area contributed by atoms with Crippen molar-refractivity contribution in [2.24, 2.45) is 0 Å². The smallest absolute Gasteiger partial charge is 0.165 e. The molecule has 0 aliphatic rings. The maximum Gasteiger partial charge on any atom is 0.165 e. The van der Waals surface area contributed by atoms with Gasteiger partial charge in [-0.3, -0.25) is 0 Å². The molecule has 0 aromatic heterocycles. The van der Waals surface area contributed by atoms with Gasteiger partial charge in [-0.1, -0.05) is 35.9 Å². The van der Waals surface area contributed by atoms with Crippen LogP contribution in [0.3, 0.4) is 0 Å². The Labute approximate surface area is 122 Å². The summed E-state index contributed by atoms with van der Waals surface area (Å²) in [7, 11) is 1.42. The Bertz CT molecular complexity index is 586. The van der Waals surface area contributed by atoms with Crippen LogP contribution in [0.25, 0.3) is 0 Å². The Morgan fingerprint density at radius 1 is 1.20 bits per heavy atom. The third-order valence-corrected chi connectivity index (χ3v) is 3.47. The molecule has 1 unspecified atom stereocenters. The van der Waals surface area contributed by atoms with Crippen molar-refractivity contribution in [3.63, 3.8) is 0 Å². The van der Waals surface area contributed by atoms with Crippen molar-refractivity contribution in [2.45, 2.75) is 18.9 Å². The molecule has 2 aromatic carbocycles. The molecule has 0 aliphatic heterocycles. The number of rotatable bonds is 5. The predicted octanol–water partition coefficient (Wildman–Crippen LogP) is 3.63. The monoisotopic (exact) mass is 294 g/mol. The number of halogens is 2. The van der Waals surface area contributed by atoms with Gasteiger partial charge in [0, 0.05) is 11.4 Å². The topological polar surface area (TPSA) is 29.5 Å². The van der Waals surface area contributed by atoms with Crippen molar-refractivity contribution < 1.29 is 14.2 Å². The fourth-order valence-electron chi connectivity index (χ4n) is 2.10. The van der Waals surface area contributed by atoms with Crippen LogP contribution in [0.5, 0.6) is 5.75 Å². The maximum atomic E-state index is 13.6. The fraction of sp³-hybridized carbons (Fsp3) is 0.250. The standard InChI is InChI=1S/C16H16ClFO2/c1-20-16-7-6-11(9-15(16)18)8-13(19)10-12-4-2-3-5-14(12)17/h2-7,9,13,19H,8,10H2,1H3. The minimum absolute atomic E-state index is 0.203. The van der Waals surface area contributed by atoms with Crippen molar-refractivity contribution >= 4 is 11.6 Å². The lowest BCUT2D eigenvalue weighted by atomic mass is 10.0. The van der Waals surface area contributed by atoms with E-state index in [-0.39, 0.29) is 5.75 Å². The molecule has 20 heavy (non-hydrogen) atoms. The Kier molecular flexibility index (Phi) is 4.99. The lowest BCUT2D eigenvalue weighted by Crippen LogP contribution is -2.14. The van der Waals surface area contributed by atoms with E-state index in [0.717, 1.165) is 11.1 Å². The van der Waals surface area contributed by atoms with Crippen molar-refractivity contribution in [3.8, 4) is 5.75 Å². The van der Waals surface area contributed by atoms with Crippen LogP contribution in [0.1, 0.15) is 11.1 Å². The van der Waals surface area contributed by atoms with Crippen LogP contribution < -0.4 is 4.74 Å². The lowest BCUT2D eigenvalue weighted by Gasteiger charge is -2.12. The third kappa shape index (κ3) is 3.71. The van der Waals surface area contributed by atoms with Crippen molar-refractivity contribution in [1.82, 2.24) is 0 Å². The van der Waals surface area contributed by atoms with E-state index in [1.165, 1.54) is 13.2 Å². The molecule has 106 valence electrons. The molecular weight excluding hydrogens is 279 g/mol. The van der Waals surface area contributed by atoms with E-state index in [1.807, 2.05) is 18.2 Å². The largest absolute Gasteiger partial charge is 0.494 e. The van der Waals surface area contributed by atoms with Crippen LogP contribution in [0, 0.1) is 5.82 Å². The molecule has 2 nitrogen and oxygen atoms in total. The Hall–Kier alpha value is -1.58. The van der Waals surface area contributed by atoms with Crippen LogP contribution >= 0.6 is 11.6 Å². The summed E-state index contributed by atoms with van der Waals surface area (Å²) in [6.45, 7) is 0. The molecule has 2 aromatic rings. The van der Waals surface area contributed by atoms with Gasteiger partial charge in [0.2, 0.25) is 0 Å². The van der Waals surface area contributed by atoms with E-state index in [2.05, 4.69) is 0 Å². The van der Waals surface area contributed by atoms with Crippen LogP contribution in [-0.4, -0.2) is 18.3 Å². The molecule has 0 radical (unpaired) electrons. The zero-order valence-electron chi connectivity index (χ0n) is 11.1. The number of aliphatic hydroxyl groups excluding tert-OH is 1. The van der Waals surface area contributed by atoms with Gasteiger partial charge >= 0.3 is 0 Å². The van der Waals surface area contributed by atoms with Gasteiger partial charge in [0.25, 0.3) is 0 Å². The number of methoxy groups -OCH3 is 1. The third-order valence-electron chi connectivity index (χ3n) is 3.10. The van der Waals surface area contributed by atoms with Crippen LogP contribution in [-0.2, 0) is 12.8 Å². The first-order valence-corrected chi connectivity index (χ1v) is 6.72. The predicted molar refractivity (Wildman–Crippen MR) is 77.8 cm³/mol. The molecule has 0 saturated heterocycles. The van der Waals surface area contributed by atoms with E-state index in [4.69, 9.17) is 16.3 Å². The van der Waals surface area contributed by atoms with E-state index in [9.17, 15) is 9.50 Å². The summed E-state index contributed by atoms with van der Waals surface area (Å²) in [5, 5.41) is 10.7. The second-order valence-corrected chi connectivity index (χ2v) is 5.03. The molecule has 4 heteroatoms. The molecule has 0 spiro atoms. The molecule has 0 aliphatic carbocycles. The first kappa shape index (κ1) is 14.8. The SMILES string of the molecule is COc1ccc(CC(O)Cc2ccccc2Cl)cc1F. The van der Waals surface area contributed by atoms with Crippen LogP contribution in [0.15, 0.2) is 42.5 Å². The van der Waals surface area contributed by atoms with Crippen molar-refractivity contribution in [2.75, 3.05) is 7.11 Å². The Balaban J connectivity index is 2.03. The first-order valence-electron chi connectivity index (χ1n) is 6.34. The van der Waals surface area contributed by atoms with E-state index in [0.29, 0.717) is 17.9 Å². The molecule has 0 fully saturated rings. The minimum Gasteiger partial charge on any atom is -0.494 e. The second kappa shape index (κ2) is 6.73. The van der Waals surface area contributed by atoms with Gasteiger partial charge in [0.15, 0.2) is 11.6 Å². The zero-order valence-corrected chi connectivity index (χ0v) is 11.9. The zero-order chi connectivity index (χ0) is 14.5. The molecule has 0 saturated carbocycles. The highest BCUT2D eigenvalue weighted by molar-refractivity contribution is 6.31. The normalized spacial score (nSPS) is 12.2. The van der Waals surface area contributed by atoms with E-state index in [1.54, 1.807) is 18.2 Å². The summed E-state index contributed by atoms with van der Waals surface area (Å²) < 4.78 is 18.4. The number of aliphatic hydroxyl groups is 1. The molecule has 2 rings (SSSR count). The van der Waals surface area contributed by atoms with Gasteiger partial charge in [0.05, 0.1) is 13.2 Å². The maximum absolute atomic E-state index is 13.6. The van der Waals surface area contributed by atoms with Gasteiger partial charge in [-0.05, 0) is 35.7 Å². The quantitative estimate of drug-likeness (QED) is 0.912. The molecule has 0 bridgehead atoms. The lowest BCUT2D eigenvalue weighted by molar-refractivity contribution is 0.175. The average Bonchev–Trinajstić information content (AvgIpc) is 2.41. The number of hydrogen-bond donors (Lipinski definition) is 1. The minimum atomic E-state index is -0.609. The summed E-state index contributed by atoms with van der Waals surface area (Å²) in [5.41, 5.74) is 1.61. The van der Waals surface area contributed by atoms with Crippen LogP contribution in [0.2, 0.25) is 5.02 Å². The summed E-state index contributed by atoms with van der Waals surface area (Å²) in [5.74, 6) is -0.218. The second-order valence-electron chi connectivity index (χ2n) is 4.62. The van der Waals surface area contributed by atoms with Gasteiger partial charge in [-0.25, -0.2) is 4.39 Å². The van der Waals surface area contributed by atoms with E-state index < -0.39 is 11.9 Å². The average molecular weight is 295 g/mol. The number of benzene rings is 2. The molecule has 1 N–H and O–H groups in total. The highest BCUT2D eigenvalue weighted by atomic mass is 35.5. The highest BCUT2D eigenvalue weighted by Gasteiger charge is 2.11. The summed E-state index contributed by atoms with van der Waals surface area (Å²) in [6, 6.07) is 12.1. The highest BCUT2D eigenvalue weighted by Crippen LogP contribution is 2.21. The van der Waals surface area contributed by atoms with Gasteiger partial charge in [-0.15, -0.1) is 0 Å². The fourth-order valence-corrected chi connectivity index (χ4v) is 2.31. The molecular formula is C16H16ClFO2. The number of hydrogen-bond acceptors (Lipinski definition) is 2. The Morgan fingerprint density at radius 3 is 2.60 bits per heavy atom. The van der Waals surface area contributed by atoms with Crippen LogP contribution in [0.4, 0.5) is 4.39 Å². The van der Waals surface area contributed by atoms with E-state index >= 15 is 0 Å². The molecule has 0 heterocycles. The van der Waals surface area contributed by atoms with Crippen molar-refractivity contribution in [3.05, 3.63) is 64.4 Å².